The molecule has 3 atom stereocenters. The number of benzene rings is 1. The van der Waals surface area contributed by atoms with Crippen molar-refractivity contribution in [3.8, 4) is 0 Å². The van der Waals surface area contributed by atoms with Crippen LogP contribution in [0.3, 0.4) is 0 Å². The molecule has 1 amide bonds. The molecule has 0 spiro atoms. The molecule has 1 aromatic carbocycles. The van der Waals surface area contributed by atoms with Crippen LogP contribution in [0, 0.1) is 11.8 Å². The highest BCUT2D eigenvalue weighted by molar-refractivity contribution is 5.84. The average Bonchev–Trinajstić information content (AvgIpc) is 3.10. The fraction of sp³-hybridized carbons (Fsp3) is 0.591. The third-order valence-corrected chi connectivity index (χ3v) is 6.40. The minimum Gasteiger partial charge on any atom is -0.345 e. The number of likely N-dealkylation sites (tertiary alicyclic amines) is 1. The quantitative estimate of drug-likeness (QED) is 0.773. The van der Waals surface area contributed by atoms with Gasteiger partial charge in [0, 0.05) is 37.5 Å². The van der Waals surface area contributed by atoms with E-state index < -0.39 is 17.3 Å². The first-order chi connectivity index (χ1) is 14.7. The lowest BCUT2D eigenvalue weighted by molar-refractivity contribution is -0.136. The Morgan fingerprint density at radius 3 is 2.68 bits per heavy atom. The SMILES string of the molecule is C[C@@H]1CNC[C@](NC(=O)CC2CCN(C)C2)(c2ccc(C(F)(F)F)c3nccnc23)C1. The van der Waals surface area contributed by atoms with Gasteiger partial charge in [0.05, 0.1) is 16.6 Å². The van der Waals surface area contributed by atoms with Gasteiger partial charge in [-0.25, -0.2) is 0 Å². The summed E-state index contributed by atoms with van der Waals surface area (Å²) < 4.78 is 40.7. The highest BCUT2D eigenvalue weighted by Gasteiger charge is 2.42. The zero-order valence-corrected chi connectivity index (χ0v) is 17.8. The molecule has 0 saturated carbocycles. The molecule has 0 bridgehead atoms. The molecule has 6 nitrogen and oxygen atoms in total. The number of aromatic nitrogens is 2. The molecule has 2 aliphatic heterocycles. The molecule has 4 rings (SSSR count). The summed E-state index contributed by atoms with van der Waals surface area (Å²) in [5.74, 6) is 0.453. The Balaban J connectivity index is 1.73. The number of nitrogens with zero attached hydrogens (tertiary/aromatic N) is 3. The number of nitrogens with one attached hydrogen (secondary N) is 2. The van der Waals surface area contributed by atoms with Crippen molar-refractivity contribution in [3.63, 3.8) is 0 Å². The first kappa shape index (κ1) is 22.0. The third kappa shape index (κ3) is 4.52. The summed E-state index contributed by atoms with van der Waals surface area (Å²) in [4.78, 5) is 23.5. The number of halogens is 3. The Bertz CT molecular complexity index is 966. The molecule has 31 heavy (non-hydrogen) atoms. The molecule has 0 radical (unpaired) electrons. The molecule has 1 aromatic heterocycles. The largest absolute Gasteiger partial charge is 0.418 e. The fourth-order valence-corrected chi connectivity index (χ4v) is 5.08. The van der Waals surface area contributed by atoms with E-state index in [1.807, 2.05) is 7.05 Å². The van der Waals surface area contributed by atoms with Crippen molar-refractivity contribution >= 4 is 16.9 Å². The Morgan fingerprint density at radius 1 is 1.29 bits per heavy atom. The molecule has 2 fully saturated rings. The van der Waals surface area contributed by atoms with Crippen molar-refractivity contribution in [2.75, 3.05) is 33.2 Å². The van der Waals surface area contributed by atoms with Crippen molar-refractivity contribution in [2.24, 2.45) is 11.8 Å². The second-order valence-corrected chi connectivity index (χ2v) is 9.10. The summed E-state index contributed by atoms with van der Waals surface area (Å²) in [5.41, 5.74) is -1.06. The Kier molecular flexibility index (Phi) is 5.91. The maximum Gasteiger partial charge on any atom is 0.418 e. The lowest BCUT2D eigenvalue weighted by atomic mass is 9.77. The Hall–Kier alpha value is -2.26. The summed E-state index contributed by atoms with van der Waals surface area (Å²) in [6.07, 6.45) is 0.134. The number of alkyl halides is 3. The normalized spacial score (nSPS) is 27.5. The number of hydrogen-bond acceptors (Lipinski definition) is 5. The topological polar surface area (TPSA) is 70.2 Å². The molecule has 2 aromatic rings. The van der Waals surface area contributed by atoms with Gasteiger partial charge in [-0.1, -0.05) is 13.0 Å². The van der Waals surface area contributed by atoms with Gasteiger partial charge in [0.25, 0.3) is 0 Å². The van der Waals surface area contributed by atoms with Crippen LogP contribution in [0.2, 0.25) is 0 Å². The first-order valence-corrected chi connectivity index (χ1v) is 10.7. The molecule has 2 N–H and O–H groups in total. The van der Waals surface area contributed by atoms with Gasteiger partial charge in [-0.3, -0.25) is 14.8 Å². The zero-order chi connectivity index (χ0) is 22.2. The second-order valence-electron chi connectivity index (χ2n) is 9.10. The second kappa shape index (κ2) is 8.35. The molecule has 2 aliphatic rings. The van der Waals surface area contributed by atoms with E-state index in [2.05, 4.69) is 32.4 Å². The molecule has 3 heterocycles. The van der Waals surface area contributed by atoms with Gasteiger partial charge >= 0.3 is 6.18 Å². The molecule has 168 valence electrons. The van der Waals surface area contributed by atoms with Gasteiger partial charge in [0.15, 0.2) is 0 Å². The minimum absolute atomic E-state index is 0.0758. The summed E-state index contributed by atoms with van der Waals surface area (Å²) in [6, 6.07) is 2.52. The summed E-state index contributed by atoms with van der Waals surface area (Å²) in [7, 11) is 2.04. The summed E-state index contributed by atoms with van der Waals surface area (Å²) in [5, 5.41) is 6.55. The molecule has 1 unspecified atom stereocenters. The van der Waals surface area contributed by atoms with Crippen LogP contribution in [-0.2, 0) is 16.5 Å². The van der Waals surface area contributed by atoms with Gasteiger partial charge in [-0.15, -0.1) is 0 Å². The maximum absolute atomic E-state index is 13.6. The van der Waals surface area contributed by atoms with Gasteiger partial charge in [0.1, 0.15) is 5.52 Å². The van der Waals surface area contributed by atoms with Gasteiger partial charge < -0.3 is 15.5 Å². The smallest absolute Gasteiger partial charge is 0.345 e. The van der Waals surface area contributed by atoms with Crippen molar-refractivity contribution in [3.05, 3.63) is 35.7 Å². The minimum atomic E-state index is -4.53. The molecular weight excluding hydrogens is 407 g/mol. The van der Waals surface area contributed by atoms with Crippen LogP contribution in [0.4, 0.5) is 13.2 Å². The molecular formula is C22H28F3N5O. The lowest BCUT2D eigenvalue weighted by Gasteiger charge is -2.42. The van der Waals surface area contributed by atoms with Crippen molar-refractivity contribution in [1.29, 1.82) is 0 Å². The number of rotatable bonds is 4. The van der Waals surface area contributed by atoms with Crippen LogP contribution in [0.25, 0.3) is 11.0 Å². The predicted molar refractivity (Wildman–Crippen MR) is 111 cm³/mol. The van der Waals surface area contributed by atoms with Crippen LogP contribution >= 0.6 is 0 Å². The van der Waals surface area contributed by atoms with E-state index in [0.29, 0.717) is 30.9 Å². The lowest BCUT2D eigenvalue weighted by Crippen LogP contribution is -2.57. The summed E-state index contributed by atoms with van der Waals surface area (Å²) >= 11 is 0. The number of fused-ring (bicyclic) bond motifs is 1. The van der Waals surface area contributed by atoms with Crippen LogP contribution in [0.5, 0.6) is 0 Å². The van der Waals surface area contributed by atoms with E-state index in [-0.39, 0.29) is 22.9 Å². The molecule has 2 saturated heterocycles. The Morgan fingerprint density at radius 2 is 2.03 bits per heavy atom. The predicted octanol–water partition coefficient (Wildman–Crippen LogP) is 2.93. The van der Waals surface area contributed by atoms with E-state index in [1.165, 1.54) is 18.5 Å². The Labute approximate surface area is 179 Å². The van der Waals surface area contributed by atoms with Crippen LogP contribution in [0.1, 0.15) is 37.3 Å². The van der Waals surface area contributed by atoms with E-state index in [9.17, 15) is 18.0 Å². The number of amides is 1. The van der Waals surface area contributed by atoms with Crippen molar-refractivity contribution in [2.45, 2.75) is 37.9 Å². The summed E-state index contributed by atoms with van der Waals surface area (Å²) in [6.45, 7) is 5.14. The fourth-order valence-electron chi connectivity index (χ4n) is 5.08. The molecule has 0 aliphatic carbocycles. The molecule has 9 heteroatoms. The van der Waals surface area contributed by atoms with Crippen molar-refractivity contribution in [1.82, 2.24) is 25.5 Å². The van der Waals surface area contributed by atoms with E-state index in [1.54, 1.807) is 0 Å². The number of carbonyl (C=O) groups is 1. The highest BCUT2D eigenvalue weighted by Crippen LogP contribution is 2.39. The van der Waals surface area contributed by atoms with Gasteiger partial charge in [-0.05, 0) is 50.9 Å². The average molecular weight is 435 g/mol. The van der Waals surface area contributed by atoms with Crippen LogP contribution in [-0.4, -0.2) is 54.0 Å². The van der Waals surface area contributed by atoms with E-state index in [0.717, 1.165) is 32.1 Å². The number of piperidine rings is 1. The van der Waals surface area contributed by atoms with Gasteiger partial charge in [0.2, 0.25) is 5.91 Å². The van der Waals surface area contributed by atoms with Gasteiger partial charge in [-0.2, -0.15) is 13.2 Å². The van der Waals surface area contributed by atoms with Crippen LogP contribution in [0.15, 0.2) is 24.5 Å². The number of hydrogen-bond donors (Lipinski definition) is 2. The highest BCUT2D eigenvalue weighted by atomic mass is 19.4. The maximum atomic E-state index is 13.6. The monoisotopic (exact) mass is 435 g/mol. The zero-order valence-electron chi connectivity index (χ0n) is 17.8. The number of carbonyl (C=O) groups excluding carboxylic acids is 1. The first-order valence-electron chi connectivity index (χ1n) is 10.7. The van der Waals surface area contributed by atoms with Crippen LogP contribution < -0.4 is 10.6 Å². The van der Waals surface area contributed by atoms with Crippen molar-refractivity contribution < 1.29 is 18.0 Å². The van der Waals surface area contributed by atoms with E-state index in [4.69, 9.17) is 0 Å². The standard InChI is InChI=1S/C22H28F3N5O/c1-14-10-21(13-26-11-14,29-18(31)9-15-5-8-30(2)12-15)16-3-4-17(22(23,24)25)20-19(16)27-6-7-28-20/h3-4,6-7,14-15,26H,5,8-13H2,1-2H3,(H,29,31)/t14-,15?,21-/m0/s1. The third-order valence-electron chi connectivity index (χ3n) is 6.40. The van der Waals surface area contributed by atoms with E-state index >= 15 is 0 Å².